The van der Waals surface area contributed by atoms with Gasteiger partial charge in [0, 0.05) is 6.04 Å². The predicted octanol–water partition coefficient (Wildman–Crippen LogP) is 0.108. The van der Waals surface area contributed by atoms with E-state index in [1.807, 2.05) is 0 Å². The number of aliphatic carboxylic acids is 1. The molecule has 1 unspecified atom stereocenters. The van der Waals surface area contributed by atoms with Crippen LogP contribution in [0, 0.1) is 0 Å². The largest absolute Gasteiger partial charge is 0.480 e. The molecule has 5 nitrogen and oxygen atoms in total. The van der Waals surface area contributed by atoms with Gasteiger partial charge in [-0.25, -0.2) is 0 Å². The van der Waals surface area contributed by atoms with Crippen molar-refractivity contribution in [3.8, 4) is 0 Å². The molecule has 0 aromatic carbocycles. The fourth-order valence-corrected chi connectivity index (χ4v) is 1.73. The Hall–Kier alpha value is -1.10. The van der Waals surface area contributed by atoms with E-state index in [9.17, 15) is 9.59 Å². The molecule has 1 saturated carbocycles. The molecule has 0 aromatic heterocycles. The molecular formula is C10H18N2O3. The molecule has 5 heteroatoms. The van der Waals surface area contributed by atoms with E-state index in [4.69, 9.17) is 5.11 Å². The van der Waals surface area contributed by atoms with E-state index in [2.05, 4.69) is 10.6 Å². The van der Waals surface area contributed by atoms with Crippen LogP contribution in [0.25, 0.3) is 0 Å². The van der Waals surface area contributed by atoms with Gasteiger partial charge in [-0.2, -0.15) is 0 Å². The van der Waals surface area contributed by atoms with E-state index < -0.39 is 12.0 Å². The molecule has 0 saturated heterocycles. The highest BCUT2D eigenvalue weighted by Crippen LogP contribution is 2.17. The van der Waals surface area contributed by atoms with Crippen LogP contribution >= 0.6 is 0 Å². The predicted molar refractivity (Wildman–Crippen MR) is 55.5 cm³/mol. The Morgan fingerprint density at radius 3 is 2.53 bits per heavy atom. The van der Waals surface area contributed by atoms with Crippen LogP contribution in [0.15, 0.2) is 0 Å². The molecule has 1 aliphatic rings. The fourth-order valence-electron chi connectivity index (χ4n) is 1.73. The molecule has 1 fully saturated rings. The third-order valence-electron chi connectivity index (χ3n) is 2.65. The Bertz CT molecular complexity index is 237. The maximum Gasteiger partial charge on any atom is 0.317 e. The van der Waals surface area contributed by atoms with E-state index in [-0.39, 0.29) is 18.5 Å². The average Bonchev–Trinajstić information content (AvgIpc) is 2.66. The van der Waals surface area contributed by atoms with Gasteiger partial charge in [0.05, 0.1) is 12.6 Å². The van der Waals surface area contributed by atoms with Gasteiger partial charge in [-0.3, -0.25) is 14.9 Å². The lowest BCUT2D eigenvalue weighted by Crippen LogP contribution is -2.46. The molecule has 1 atom stereocenters. The van der Waals surface area contributed by atoms with Gasteiger partial charge in [0.25, 0.3) is 0 Å². The molecule has 0 heterocycles. The number of hydrogen-bond donors (Lipinski definition) is 3. The molecule has 0 spiro atoms. The van der Waals surface area contributed by atoms with Crippen molar-refractivity contribution in [3.63, 3.8) is 0 Å². The van der Waals surface area contributed by atoms with Gasteiger partial charge in [-0.15, -0.1) is 0 Å². The summed E-state index contributed by atoms with van der Waals surface area (Å²) in [7, 11) is 0. The number of carbonyl (C=O) groups excluding carboxylic acids is 1. The topological polar surface area (TPSA) is 78.4 Å². The van der Waals surface area contributed by atoms with Crippen molar-refractivity contribution >= 4 is 11.9 Å². The van der Waals surface area contributed by atoms with Gasteiger partial charge in [0.2, 0.25) is 5.91 Å². The molecular weight excluding hydrogens is 196 g/mol. The zero-order chi connectivity index (χ0) is 11.3. The highest BCUT2D eigenvalue weighted by Gasteiger charge is 2.20. The highest BCUT2D eigenvalue weighted by atomic mass is 16.4. The normalized spacial score (nSPS) is 18.7. The number of carboxylic acid groups (broad SMARTS) is 1. The SMILES string of the molecule is CC(NCC(=O)O)C(=O)NC1CCCC1. The van der Waals surface area contributed by atoms with Crippen molar-refractivity contribution in [2.75, 3.05) is 6.54 Å². The van der Waals surface area contributed by atoms with Crippen LogP contribution in [0.2, 0.25) is 0 Å². The van der Waals surface area contributed by atoms with E-state index in [0.717, 1.165) is 12.8 Å². The van der Waals surface area contributed by atoms with Crippen molar-refractivity contribution in [3.05, 3.63) is 0 Å². The molecule has 86 valence electrons. The monoisotopic (exact) mass is 214 g/mol. The molecule has 0 aliphatic heterocycles. The lowest BCUT2D eigenvalue weighted by molar-refractivity contribution is -0.136. The second-order valence-corrected chi connectivity index (χ2v) is 3.99. The summed E-state index contributed by atoms with van der Waals surface area (Å²) in [6, 6.07) is -0.159. The summed E-state index contributed by atoms with van der Waals surface area (Å²) in [4.78, 5) is 21.8. The molecule has 15 heavy (non-hydrogen) atoms. The van der Waals surface area contributed by atoms with E-state index >= 15 is 0 Å². The second kappa shape index (κ2) is 5.70. The Kier molecular flexibility index (Phi) is 4.55. The summed E-state index contributed by atoms with van der Waals surface area (Å²) < 4.78 is 0. The minimum absolute atomic E-state index is 0.108. The Balaban J connectivity index is 2.22. The van der Waals surface area contributed by atoms with Crippen LogP contribution in [0.5, 0.6) is 0 Å². The van der Waals surface area contributed by atoms with Gasteiger partial charge < -0.3 is 10.4 Å². The zero-order valence-corrected chi connectivity index (χ0v) is 8.95. The standard InChI is InChI=1S/C10H18N2O3/c1-7(11-6-9(13)14)10(15)12-8-4-2-3-5-8/h7-8,11H,2-6H2,1H3,(H,12,15)(H,13,14). The van der Waals surface area contributed by atoms with Crippen LogP contribution in [0.3, 0.4) is 0 Å². The van der Waals surface area contributed by atoms with Crippen LogP contribution in [-0.2, 0) is 9.59 Å². The molecule has 1 rings (SSSR count). The fraction of sp³-hybridized carbons (Fsp3) is 0.800. The number of hydrogen-bond acceptors (Lipinski definition) is 3. The van der Waals surface area contributed by atoms with E-state index in [1.165, 1.54) is 12.8 Å². The lowest BCUT2D eigenvalue weighted by Gasteiger charge is -2.16. The van der Waals surface area contributed by atoms with Gasteiger partial charge in [-0.1, -0.05) is 12.8 Å². The Morgan fingerprint density at radius 1 is 1.40 bits per heavy atom. The molecule has 1 aliphatic carbocycles. The van der Waals surface area contributed by atoms with Gasteiger partial charge >= 0.3 is 5.97 Å². The summed E-state index contributed by atoms with van der Waals surface area (Å²) in [6.45, 7) is 1.49. The summed E-state index contributed by atoms with van der Waals surface area (Å²) in [5, 5.41) is 14.0. The number of nitrogens with one attached hydrogen (secondary N) is 2. The van der Waals surface area contributed by atoms with Crippen molar-refractivity contribution in [2.45, 2.75) is 44.7 Å². The quantitative estimate of drug-likeness (QED) is 0.607. The minimum atomic E-state index is -0.949. The summed E-state index contributed by atoms with van der Waals surface area (Å²) in [5.74, 6) is -1.06. The van der Waals surface area contributed by atoms with Crippen molar-refractivity contribution < 1.29 is 14.7 Å². The second-order valence-electron chi connectivity index (χ2n) is 3.99. The minimum Gasteiger partial charge on any atom is -0.480 e. The first kappa shape index (κ1) is 12.0. The Labute approximate surface area is 89.2 Å². The number of carboxylic acids is 1. The van der Waals surface area contributed by atoms with Gasteiger partial charge in [-0.05, 0) is 19.8 Å². The van der Waals surface area contributed by atoms with Gasteiger partial charge in [0.1, 0.15) is 0 Å². The lowest BCUT2D eigenvalue weighted by atomic mass is 10.2. The third kappa shape index (κ3) is 4.29. The molecule has 0 bridgehead atoms. The highest BCUT2D eigenvalue weighted by molar-refractivity contribution is 5.82. The van der Waals surface area contributed by atoms with Crippen LogP contribution < -0.4 is 10.6 Å². The molecule has 0 aromatic rings. The maximum atomic E-state index is 11.5. The number of carbonyl (C=O) groups is 2. The van der Waals surface area contributed by atoms with Crippen molar-refractivity contribution in [2.24, 2.45) is 0 Å². The zero-order valence-electron chi connectivity index (χ0n) is 8.95. The first-order chi connectivity index (χ1) is 7.09. The summed E-state index contributed by atoms with van der Waals surface area (Å²) in [5.41, 5.74) is 0. The summed E-state index contributed by atoms with van der Waals surface area (Å²) in [6.07, 6.45) is 4.42. The number of rotatable bonds is 5. The third-order valence-corrected chi connectivity index (χ3v) is 2.65. The first-order valence-corrected chi connectivity index (χ1v) is 5.35. The van der Waals surface area contributed by atoms with Gasteiger partial charge in [0.15, 0.2) is 0 Å². The van der Waals surface area contributed by atoms with E-state index in [1.54, 1.807) is 6.92 Å². The van der Waals surface area contributed by atoms with Crippen LogP contribution in [0.1, 0.15) is 32.6 Å². The Morgan fingerprint density at radius 2 is 2.00 bits per heavy atom. The van der Waals surface area contributed by atoms with Crippen molar-refractivity contribution in [1.29, 1.82) is 0 Å². The summed E-state index contributed by atoms with van der Waals surface area (Å²) >= 11 is 0. The first-order valence-electron chi connectivity index (χ1n) is 5.35. The smallest absolute Gasteiger partial charge is 0.317 e. The maximum absolute atomic E-state index is 11.5. The molecule has 3 N–H and O–H groups in total. The van der Waals surface area contributed by atoms with Crippen LogP contribution in [0.4, 0.5) is 0 Å². The van der Waals surface area contributed by atoms with Crippen molar-refractivity contribution in [1.82, 2.24) is 10.6 Å². The molecule has 0 radical (unpaired) electrons. The van der Waals surface area contributed by atoms with E-state index in [0.29, 0.717) is 0 Å². The average molecular weight is 214 g/mol. The number of amides is 1. The van der Waals surface area contributed by atoms with Crippen LogP contribution in [-0.4, -0.2) is 35.6 Å². The molecule has 1 amide bonds.